The minimum Gasteiger partial charge on any atom is -0.494 e. The van der Waals surface area contributed by atoms with Crippen LogP contribution >= 0.6 is 23.4 Å². The fourth-order valence-electron chi connectivity index (χ4n) is 3.34. The molecule has 0 unspecified atom stereocenters. The zero-order valence-electron chi connectivity index (χ0n) is 17.8. The van der Waals surface area contributed by atoms with Crippen LogP contribution in [0.15, 0.2) is 53.1 Å². The van der Waals surface area contributed by atoms with Crippen molar-refractivity contribution in [1.29, 1.82) is 5.26 Å². The van der Waals surface area contributed by atoms with Gasteiger partial charge in [0.2, 0.25) is 11.8 Å². The van der Waals surface area contributed by atoms with E-state index in [-0.39, 0.29) is 28.8 Å². The SMILES string of the molecule is CCOc1ccc([C@H]2CC(=O)NC(SCC(=O)Nc3ccc(Cl)c(C(F)(F)F)c3)=C2C#N)cc1. The van der Waals surface area contributed by atoms with E-state index in [0.717, 1.165) is 29.5 Å². The molecule has 0 aromatic heterocycles. The van der Waals surface area contributed by atoms with E-state index in [1.54, 1.807) is 24.3 Å². The van der Waals surface area contributed by atoms with Gasteiger partial charge in [0.1, 0.15) is 5.75 Å². The molecule has 0 bridgehead atoms. The van der Waals surface area contributed by atoms with E-state index in [4.69, 9.17) is 16.3 Å². The molecular weight excluding hydrogens is 491 g/mol. The van der Waals surface area contributed by atoms with Gasteiger partial charge >= 0.3 is 6.18 Å². The molecule has 178 valence electrons. The zero-order chi connectivity index (χ0) is 24.9. The molecule has 2 amide bonds. The van der Waals surface area contributed by atoms with Gasteiger partial charge in [-0.3, -0.25) is 9.59 Å². The number of nitriles is 1. The third-order valence-electron chi connectivity index (χ3n) is 4.85. The molecule has 2 aromatic carbocycles. The highest BCUT2D eigenvalue weighted by molar-refractivity contribution is 8.03. The van der Waals surface area contributed by atoms with Gasteiger partial charge in [-0.2, -0.15) is 18.4 Å². The van der Waals surface area contributed by atoms with E-state index in [0.29, 0.717) is 17.9 Å². The Morgan fingerprint density at radius 1 is 1.29 bits per heavy atom. The number of rotatable bonds is 7. The van der Waals surface area contributed by atoms with E-state index in [2.05, 4.69) is 16.7 Å². The quantitative estimate of drug-likeness (QED) is 0.516. The number of nitrogens with zero attached hydrogens (tertiary/aromatic N) is 1. The molecule has 1 heterocycles. The number of halogens is 4. The molecule has 0 saturated heterocycles. The molecule has 1 aliphatic heterocycles. The lowest BCUT2D eigenvalue weighted by atomic mass is 9.87. The van der Waals surface area contributed by atoms with Gasteiger partial charge < -0.3 is 15.4 Å². The first-order chi connectivity index (χ1) is 16.1. The second kappa shape index (κ2) is 10.8. The highest BCUT2D eigenvalue weighted by Crippen LogP contribution is 2.37. The van der Waals surface area contributed by atoms with E-state index in [9.17, 15) is 28.0 Å². The lowest BCUT2D eigenvalue weighted by Crippen LogP contribution is -2.31. The first-order valence-corrected chi connectivity index (χ1v) is 11.4. The van der Waals surface area contributed by atoms with E-state index in [1.807, 2.05) is 6.92 Å². The Labute approximate surface area is 203 Å². The number of amides is 2. The second-order valence-electron chi connectivity index (χ2n) is 7.19. The molecule has 0 radical (unpaired) electrons. The van der Waals surface area contributed by atoms with E-state index in [1.165, 1.54) is 6.07 Å². The summed E-state index contributed by atoms with van der Waals surface area (Å²) >= 11 is 6.52. The molecule has 1 aliphatic rings. The topological polar surface area (TPSA) is 91.2 Å². The smallest absolute Gasteiger partial charge is 0.417 e. The van der Waals surface area contributed by atoms with Crippen LogP contribution in [0.2, 0.25) is 5.02 Å². The number of hydrogen-bond donors (Lipinski definition) is 2. The van der Waals surface area contributed by atoms with Crippen LogP contribution in [-0.2, 0) is 15.8 Å². The van der Waals surface area contributed by atoms with Crippen molar-refractivity contribution in [2.24, 2.45) is 0 Å². The number of allylic oxidation sites excluding steroid dienone is 1. The average molecular weight is 510 g/mol. The summed E-state index contributed by atoms with van der Waals surface area (Å²) in [6.07, 6.45) is -4.60. The Morgan fingerprint density at radius 3 is 2.62 bits per heavy atom. The molecule has 0 spiro atoms. The largest absolute Gasteiger partial charge is 0.494 e. The summed E-state index contributed by atoms with van der Waals surface area (Å²) in [6, 6.07) is 12.2. The summed E-state index contributed by atoms with van der Waals surface area (Å²) in [7, 11) is 0. The fraction of sp³-hybridized carbons (Fsp3) is 0.261. The highest BCUT2D eigenvalue weighted by Gasteiger charge is 2.33. The average Bonchev–Trinajstić information content (AvgIpc) is 2.78. The van der Waals surface area contributed by atoms with Crippen molar-refractivity contribution in [2.75, 3.05) is 17.7 Å². The Kier molecular flexibility index (Phi) is 8.12. The van der Waals surface area contributed by atoms with Crippen LogP contribution in [-0.4, -0.2) is 24.2 Å². The number of carbonyl (C=O) groups excluding carboxylic acids is 2. The predicted octanol–water partition coefficient (Wildman–Crippen LogP) is 5.47. The van der Waals surface area contributed by atoms with Crippen molar-refractivity contribution in [3.05, 3.63) is 69.2 Å². The maximum Gasteiger partial charge on any atom is 0.417 e. The summed E-state index contributed by atoms with van der Waals surface area (Å²) in [5.74, 6) is -0.987. The van der Waals surface area contributed by atoms with Gasteiger partial charge in [-0.25, -0.2) is 0 Å². The Balaban J connectivity index is 1.74. The van der Waals surface area contributed by atoms with Gasteiger partial charge in [0.05, 0.1) is 39.6 Å². The van der Waals surface area contributed by atoms with Crippen LogP contribution in [0, 0.1) is 11.3 Å². The standard InChI is InChI=1S/C23H19ClF3N3O3S/c1-2-33-15-6-3-13(4-7-15)16-10-20(31)30-22(17(16)11-28)34-12-21(32)29-14-5-8-19(24)18(9-14)23(25,26)27/h3-9,16H,2,10,12H2,1H3,(H,29,32)(H,30,31)/t16-/m1/s1. The summed E-state index contributed by atoms with van der Waals surface area (Å²) in [6.45, 7) is 2.36. The second-order valence-corrected chi connectivity index (χ2v) is 8.58. The van der Waals surface area contributed by atoms with Crippen LogP contribution in [0.5, 0.6) is 5.75 Å². The van der Waals surface area contributed by atoms with Crippen LogP contribution in [0.3, 0.4) is 0 Å². The van der Waals surface area contributed by atoms with Crippen LogP contribution < -0.4 is 15.4 Å². The van der Waals surface area contributed by atoms with Gasteiger partial charge in [0, 0.05) is 18.0 Å². The molecule has 2 aromatic rings. The molecule has 0 saturated carbocycles. The summed E-state index contributed by atoms with van der Waals surface area (Å²) in [5.41, 5.74) is -0.0887. The van der Waals surface area contributed by atoms with Crippen LogP contribution in [0.25, 0.3) is 0 Å². The molecule has 2 N–H and O–H groups in total. The lowest BCUT2D eigenvalue weighted by Gasteiger charge is -2.25. The third-order valence-corrected chi connectivity index (χ3v) is 6.20. The maximum atomic E-state index is 13.0. The summed E-state index contributed by atoms with van der Waals surface area (Å²) in [5, 5.41) is 14.5. The van der Waals surface area contributed by atoms with Gasteiger partial charge in [-0.1, -0.05) is 35.5 Å². The minimum absolute atomic E-state index is 0.0676. The van der Waals surface area contributed by atoms with E-state index >= 15 is 0 Å². The molecule has 34 heavy (non-hydrogen) atoms. The van der Waals surface area contributed by atoms with Crippen molar-refractivity contribution >= 4 is 40.9 Å². The molecule has 6 nitrogen and oxygen atoms in total. The normalized spacial score (nSPS) is 16.0. The molecule has 0 fully saturated rings. The Morgan fingerprint density at radius 2 is 2.00 bits per heavy atom. The third kappa shape index (κ3) is 6.24. The summed E-state index contributed by atoms with van der Waals surface area (Å²) in [4.78, 5) is 24.6. The molecule has 0 aliphatic carbocycles. The number of anilines is 1. The molecule has 3 rings (SSSR count). The summed E-state index contributed by atoms with van der Waals surface area (Å²) < 4.78 is 44.5. The lowest BCUT2D eigenvalue weighted by molar-refractivity contribution is -0.137. The maximum absolute atomic E-state index is 13.0. The number of benzene rings is 2. The van der Waals surface area contributed by atoms with Crippen molar-refractivity contribution < 1.29 is 27.5 Å². The molecular formula is C23H19ClF3N3O3S. The highest BCUT2D eigenvalue weighted by atomic mass is 35.5. The Bertz CT molecular complexity index is 1160. The van der Waals surface area contributed by atoms with Gasteiger partial charge in [0.15, 0.2) is 0 Å². The number of thioether (sulfide) groups is 1. The number of nitrogens with one attached hydrogen (secondary N) is 2. The number of hydrogen-bond acceptors (Lipinski definition) is 5. The van der Waals surface area contributed by atoms with Gasteiger partial charge in [-0.15, -0.1) is 0 Å². The zero-order valence-corrected chi connectivity index (χ0v) is 19.4. The minimum atomic E-state index is -4.67. The number of alkyl halides is 3. The number of ether oxygens (including phenoxy) is 1. The van der Waals surface area contributed by atoms with Gasteiger partial charge in [0.25, 0.3) is 0 Å². The first-order valence-electron chi connectivity index (χ1n) is 10.1. The van der Waals surface area contributed by atoms with Crippen molar-refractivity contribution in [3.8, 4) is 11.8 Å². The van der Waals surface area contributed by atoms with Crippen LogP contribution in [0.1, 0.15) is 30.4 Å². The van der Waals surface area contributed by atoms with E-state index < -0.39 is 28.6 Å². The van der Waals surface area contributed by atoms with Crippen LogP contribution in [0.4, 0.5) is 18.9 Å². The fourth-order valence-corrected chi connectivity index (χ4v) is 4.44. The van der Waals surface area contributed by atoms with Crippen molar-refractivity contribution in [3.63, 3.8) is 0 Å². The Hall–Kier alpha value is -3.16. The molecule has 11 heteroatoms. The molecule has 1 atom stereocenters. The first kappa shape index (κ1) is 25.5. The number of carbonyl (C=O) groups is 2. The van der Waals surface area contributed by atoms with Gasteiger partial charge in [-0.05, 0) is 42.8 Å². The predicted molar refractivity (Wildman–Crippen MR) is 123 cm³/mol. The van der Waals surface area contributed by atoms with Crippen molar-refractivity contribution in [2.45, 2.75) is 25.4 Å². The van der Waals surface area contributed by atoms with Crippen molar-refractivity contribution in [1.82, 2.24) is 5.32 Å². The monoisotopic (exact) mass is 509 g/mol.